The van der Waals surface area contributed by atoms with Crippen LogP contribution >= 0.6 is 0 Å². The number of carbonyl (C=O) groups is 1. The van der Waals surface area contributed by atoms with Crippen molar-refractivity contribution in [2.24, 2.45) is 0 Å². The van der Waals surface area contributed by atoms with E-state index in [1.54, 1.807) is 6.07 Å². The summed E-state index contributed by atoms with van der Waals surface area (Å²) in [7, 11) is 0. The lowest BCUT2D eigenvalue weighted by Crippen LogP contribution is -2.10. The van der Waals surface area contributed by atoms with E-state index in [-0.39, 0.29) is 18.9 Å². The van der Waals surface area contributed by atoms with Gasteiger partial charge in [-0.25, -0.2) is 0 Å². The first-order valence-electron chi connectivity index (χ1n) is 6.11. The summed E-state index contributed by atoms with van der Waals surface area (Å²) in [5.41, 5.74) is 1.84. The molecule has 0 aliphatic heterocycles. The highest BCUT2D eigenvalue weighted by atomic mass is 16.2. The SMILES string of the molecule is CC(=O)Nc1cccc(NC(C)C)c1.N#CCCO. The minimum atomic E-state index is -0.0494. The van der Waals surface area contributed by atoms with Crippen LogP contribution in [0.25, 0.3) is 0 Å². The minimum Gasteiger partial charge on any atom is -0.395 e. The lowest BCUT2D eigenvalue weighted by Gasteiger charge is -2.11. The third-order valence-corrected chi connectivity index (χ3v) is 1.86. The molecule has 0 spiro atoms. The van der Waals surface area contributed by atoms with Crippen molar-refractivity contribution in [3.05, 3.63) is 24.3 Å². The quantitative estimate of drug-likeness (QED) is 0.778. The summed E-state index contributed by atoms with van der Waals surface area (Å²) >= 11 is 0. The van der Waals surface area contributed by atoms with E-state index < -0.39 is 0 Å². The van der Waals surface area contributed by atoms with Gasteiger partial charge in [-0.3, -0.25) is 4.79 Å². The van der Waals surface area contributed by atoms with Crippen LogP contribution in [0, 0.1) is 11.3 Å². The Balaban J connectivity index is 0.000000555. The van der Waals surface area contributed by atoms with Gasteiger partial charge in [0.05, 0.1) is 19.1 Å². The Morgan fingerprint density at radius 3 is 2.47 bits per heavy atom. The first-order valence-corrected chi connectivity index (χ1v) is 6.11. The minimum absolute atomic E-state index is 0.0174. The maximum atomic E-state index is 10.8. The number of anilines is 2. The molecule has 19 heavy (non-hydrogen) atoms. The highest BCUT2D eigenvalue weighted by Gasteiger charge is 1.98. The molecule has 0 fully saturated rings. The van der Waals surface area contributed by atoms with E-state index in [2.05, 4.69) is 24.5 Å². The summed E-state index contributed by atoms with van der Waals surface area (Å²) in [5.74, 6) is -0.0494. The second kappa shape index (κ2) is 9.92. The van der Waals surface area contributed by atoms with E-state index in [9.17, 15) is 4.79 Å². The number of nitrogens with one attached hydrogen (secondary N) is 2. The lowest BCUT2D eigenvalue weighted by molar-refractivity contribution is -0.114. The Morgan fingerprint density at radius 1 is 1.42 bits per heavy atom. The molecule has 0 saturated heterocycles. The molecule has 0 aliphatic rings. The molecule has 104 valence electrons. The maximum Gasteiger partial charge on any atom is 0.221 e. The van der Waals surface area contributed by atoms with Crippen molar-refractivity contribution in [3.63, 3.8) is 0 Å². The van der Waals surface area contributed by atoms with E-state index in [0.717, 1.165) is 11.4 Å². The predicted octanol–water partition coefficient (Wildman–Crippen LogP) is 2.36. The first-order chi connectivity index (χ1) is 8.99. The van der Waals surface area contributed by atoms with Crippen LogP contribution in [0.4, 0.5) is 11.4 Å². The molecule has 0 heterocycles. The van der Waals surface area contributed by atoms with Gasteiger partial charge in [-0.15, -0.1) is 0 Å². The zero-order valence-corrected chi connectivity index (χ0v) is 11.6. The van der Waals surface area contributed by atoms with Crippen molar-refractivity contribution >= 4 is 17.3 Å². The third kappa shape index (κ3) is 9.62. The van der Waals surface area contributed by atoms with Gasteiger partial charge in [0.1, 0.15) is 0 Å². The van der Waals surface area contributed by atoms with Gasteiger partial charge < -0.3 is 15.7 Å². The highest BCUT2D eigenvalue weighted by Crippen LogP contribution is 2.15. The van der Waals surface area contributed by atoms with Crippen LogP contribution in [-0.2, 0) is 4.79 Å². The summed E-state index contributed by atoms with van der Waals surface area (Å²) < 4.78 is 0. The van der Waals surface area contributed by atoms with Gasteiger partial charge in [0.2, 0.25) is 5.91 Å². The molecule has 5 heteroatoms. The summed E-state index contributed by atoms with van der Waals surface area (Å²) in [6.45, 7) is 5.63. The van der Waals surface area contributed by atoms with E-state index in [0.29, 0.717) is 6.04 Å². The van der Waals surface area contributed by atoms with Gasteiger partial charge in [0, 0.05) is 24.3 Å². The molecule has 0 atom stereocenters. The molecule has 3 N–H and O–H groups in total. The summed E-state index contributed by atoms with van der Waals surface area (Å²) in [6, 6.07) is 9.83. The molecular formula is C14H21N3O2. The van der Waals surface area contributed by atoms with Gasteiger partial charge in [0.15, 0.2) is 0 Å². The normalized spacial score (nSPS) is 9.05. The number of hydrogen-bond acceptors (Lipinski definition) is 4. The molecule has 0 radical (unpaired) electrons. The number of nitrogens with zero attached hydrogens (tertiary/aromatic N) is 1. The Hall–Kier alpha value is -2.06. The number of aliphatic hydroxyl groups excluding tert-OH is 1. The van der Waals surface area contributed by atoms with Crippen molar-refractivity contribution in [2.45, 2.75) is 33.2 Å². The van der Waals surface area contributed by atoms with Crippen LogP contribution in [-0.4, -0.2) is 23.7 Å². The number of hydrogen-bond donors (Lipinski definition) is 3. The Bertz CT molecular complexity index is 425. The smallest absolute Gasteiger partial charge is 0.221 e. The fourth-order valence-electron chi connectivity index (χ4n) is 1.27. The Kier molecular flexibility index (Phi) is 8.84. The molecule has 5 nitrogen and oxygen atoms in total. The fraction of sp³-hybridized carbons (Fsp3) is 0.429. The molecule has 1 amide bonds. The third-order valence-electron chi connectivity index (χ3n) is 1.86. The molecule has 0 unspecified atom stereocenters. The number of nitriles is 1. The molecular weight excluding hydrogens is 242 g/mol. The molecule has 1 aromatic rings. The molecule has 1 rings (SSSR count). The van der Waals surface area contributed by atoms with E-state index >= 15 is 0 Å². The van der Waals surface area contributed by atoms with E-state index in [1.165, 1.54) is 6.92 Å². The zero-order valence-electron chi connectivity index (χ0n) is 11.6. The molecule has 0 aliphatic carbocycles. The van der Waals surface area contributed by atoms with Crippen molar-refractivity contribution in [2.75, 3.05) is 17.2 Å². The number of aliphatic hydroxyl groups is 1. The van der Waals surface area contributed by atoms with Gasteiger partial charge >= 0.3 is 0 Å². The fourth-order valence-corrected chi connectivity index (χ4v) is 1.27. The highest BCUT2D eigenvalue weighted by molar-refractivity contribution is 5.89. The van der Waals surface area contributed by atoms with Gasteiger partial charge in [0.25, 0.3) is 0 Å². The second-order valence-corrected chi connectivity index (χ2v) is 4.19. The van der Waals surface area contributed by atoms with Crippen molar-refractivity contribution in [1.29, 1.82) is 5.26 Å². The Morgan fingerprint density at radius 2 is 2.05 bits per heavy atom. The molecule has 0 saturated carbocycles. The second-order valence-electron chi connectivity index (χ2n) is 4.19. The summed E-state index contributed by atoms with van der Waals surface area (Å²) in [4.78, 5) is 10.8. The van der Waals surface area contributed by atoms with Crippen LogP contribution in [0.5, 0.6) is 0 Å². The number of rotatable bonds is 4. The number of carbonyl (C=O) groups excluding carboxylic acids is 1. The monoisotopic (exact) mass is 263 g/mol. The van der Waals surface area contributed by atoms with Crippen molar-refractivity contribution in [1.82, 2.24) is 0 Å². The molecule has 0 aromatic heterocycles. The van der Waals surface area contributed by atoms with Gasteiger partial charge in [-0.2, -0.15) is 5.26 Å². The van der Waals surface area contributed by atoms with Crippen molar-refractivity contribution in [3.8, 4) is 6.07 Å². The maximum absolute atomic E-state index is 10.8. The standard InChI is InChI=1S/C11H16N2O.C3H5NO/c1-8(2)12-10-5-4-6-11(7-10)13-9(3)14;4-2-1-3-5/h4-8,12H,1-3H3,(H,13,14);5H,1,3H2. The van der Waals surface area contributed by atoms with Crippen LogP contribution in [0.15, 0.2) is 24.3 Å². The average molecular weight is 263 g/mol. The van der Waals surface area contributed by atoms with E-state index in [4.69, 9.17) is 10.4 Å². The van der Waals surface area contributed by atoms with Gasteiger partial charge in [-0.05, 0) is 32.0 Å². The summed E-state index contributed by atoms with van der Waals surface area (Å²) in [5, 5.41) is 21.5. The van der Waals surface area contributed by atoms with Crippen LogP contribution in [0.1, 0.15) is 27.2 Å². The van der Waals surface area contributed by atoms with Gasteiger partial charge in [-0.1, -0.05) is 6.07 Å². The molecule has 1 aromatic carbocycles. The number of benzene rings is 1. The largest absolute Gasteiger partial charge is 0.395 e. The molecule has 0 bridgehead atoms. The topological polar surface area (TPSA) is 85.2 Å². The van der Waals surface area contributed by atoms with E-state index in [1.807, 2.05) is 24.3 Å². The van der Waals surface area contributed by atoms with Crippen LogP contribution < -0.4 is 10.6 Å². The number of amides is 1. The zero-order chi connectivity index (χ0) is 14.7. The average Bonchev–Trinajstić information content (AvgIpc) is 2.29. The van der Waals surface area contributed by atoms with Crippen molar-refractivity contribution < 1.29 is 9.90 Å². The van der Waals surface area contributed by atoms with Crippen LogP contribution in [0.2, 0.25) is 0 Å². The predicted molar refractivity (Wildman–Crippen MR) is 76.8 cm³/mol. The lowest BCUT2D eigenvalue weighted by atomic mass is 10.2. The van der Waals surface area contributed by atoms with Crippen LogP contribution in [0.3, 0.4) is 0 Å². The first kappa shape index (κ1) is 16.9. The summed E-state index contributed by atoms with van der Waals surface area (Å²) in [6.07, 6.45) is 0.250. The Labute approximate surface area is 114 Å².